The maximum atomic E-state index is 12.9. The molecule has 142 valence electrons. The van der Waals surface area contributed by atoms with Crippen LogP contribution in [0.25, 0.3) is 0 Å². The minimum atomic E-state index is -0.463. The topological polar surface area (TPSA) is 61.8 Å². The van der Waals surface area contributed by atoms with E-state index in [1.807, 2.05) is 48.5 Å². The van der Waals surface area contributed by atoms with Gasteiger partial charge < -0.3 is 15.2 Å². The van der Waals surface area contributed by atoms with Crippen LogP contribution in [0.3, 0.4) is 0 Å². The quantitative estimate of drug-likeness (QED) is 0.852. The SMILES string of the molecule is O=C(N[C@H](CN1CC[C@H](O)C1)c1ccccc1)[C@H]1CCc2ccccc2O1. The van der Waals surface area contributed by atoms with Gasteiger partial charge in [-0.05, 0) is 36.5 Å². The molecule has 2 N–H and O–H groups in total. The average Bonchev–Trinajstić information content (AvgIpc) is 3.12. The Balaban J connectivity index is 1.45. The Morgan fingerprint density at radius 3 is 2.70 bits per heavy atom. The number of fused-ring (bicyclic) bond motifs is 1. The van der Waals surface area contributed by atoms with Gasteiger partial charge in [-0.3, -0.25) is 9.69 Å². The zero-order valence-corrected chi connectivity index (χ0v) is 15.4. The Bertz CT molecular complexity index is 780. The van der Waals surface area contributed by atoms with Crippen molar-refractivity contribution in [1.82, 2.24) is 10.2 Å². The summed E-state index contributed by atoms with van der Waals surface area (Å²) < 4.78 is 5.95. The molecule has 2 aromatic carbocycles. The molecule has 0 saturated carbocycles. The Morgan fingerprint density at radius 1 is 1.15 bits per heavy atom. The number of ether oxygens (including phenoxy) is 1. The van der Waals surface area contributed by atoms with E-state index in [-0.39, 0.29) is 18.1 Å². The van der Waals surface area contributed by atoms with Crippen LogP contribution in [0.5, 0.6) is 5.75 Å². The first-order valence-corrected chi connectivity index (χ1v) is 9.69. The fraction of sp³-hybridized carbons (Fsp3) is 0.409. The number of para-hydroxylation sites is 1. The van der Waals surface area contributed by atoms with Gasteiger partial charge in [-0.1, -0.05) is 48.5 Å². The third kappa shape index (κ3) is 4.31. The molecule has 1 saturated heterocycles. The van der Waals surface area contributed by atoms with Gasteiger partial charge in [0, 0.05) is 19.6 Å². The summed E-state index contributed by atoms with van der Waals surface area (Å²) in [6.07, 6.45) is 1.60. The molecule has 0 radical (unpaired) electrons. The van der Waals surface area contributed by atoms with E-state index in [1.54, 1.807) is 0 Å². The molecule has 0 aromatic heterocycles. The van der Waals surface area contributed by atoms with E-state index in [0.717, 1.165) is 36.3 Å². The second-order valence-corrected chi connectivity index (χ2v) is 7.43. The van der Waals surface area contributed by atoms with Gasteiger partial charge in [0.2, 0.25) is 0 Å². The molecule has 2 heterocycles. The molecular weight excluding hydrogens is 340 g/mol. The lowest BCUT2D eigenvalue weighted by molar-refractivity contribution is -0.129. The van der Waals surface area contributed by atoms with Crippen molar-refractivity contribution in [2.75, 3.05) is 19.6 Å². The van der Waals surface area contributed by atoms with Crippen molar-refractivity contribution in [2.45, 2.75) is 37.5 Å². The summed E-state index contributed by atoms with van der Waals surface area (Å²) in [5.41, 5.74) is 2.23. The van der Waals surface area contributed by atoms with E-state index in [0.29, 0.717) is 19.5 Å². The molecule has 4 rings (SSSR count). The van der Waals surface area contributed by atoms with Gasteiger partial charge in [-0.25, -0.2) is 0 Å². The lowest BCUT2D eigenvalue weighted by Crippen LogP contribution is -2.45. The second-order valence-electron chi connectivity index (χ2n) is 7.43. The normalized spacial score (nSPS) is 23.3. The molecule has 0 unspecified atom stereocenters. The van der Waals surface area contributed by atoms with Crippen LogP contribution >= 0.6 is 0 Å². The fourth-order valence-corrected chi connectivity index (χ4v) is 3.93. The van der Waals surface area contributed by atoms with Gasteiger partial charge in [0.1, 0.15) is 5.75 Å². The van der Waals surface area contributed by atoms with Crippen LogP contribution in [0.1, 0.15) is 30.0 Å². The van der Waals surface area contributed by atoms with Gasteiger partial charge in [-0.15, -0.1) is 0 Å². The van der Waals surface area contributed by atoms with E-state index in [1.165, 1.54) is 0 Å². The highest BCUT2D eigenvalue weighted by Crippen LogP contribution is 2.27. The zero-order chi connectivity index (χ0) is 18.6. The van der Waals surface area contributed by atoms with Crippen molar-refractivity contribution >= 4 is 5.91 Å². The van der Waals surface area contributed by atoms with Gasteiger partial charge in [0.15, 0.2) is 6.10 Å². The average molecular weight is 366 g/mol. The van der Waals surface area contributed by atoms with Gasteiger partial charge in [-0.2, -0.15) is 0 Å². The minimum Gasteiger partial charge on any atom is -0.480 e. The molecule has 0 spiro atoms. The summed E-state index contributed by atoms with van der Waals surface area (Å²) >= 11 is 0. The van der Waals surface area contributed by atoms with Crippen LogP contribution in [0.15, 0.2) is 54.6 Å². The smallest absolute Gasteiger partial charge is 0.261 e. The van der Waals surface area contributed by atoms with Crippen molar-refractivity contribution in [2.24, 2.45) is 0 Å². The number of nitrogens with one attached hydrogen (secondary N) is 1. The highest BCUT2D eigenvalue weighted by molar-refractivity contribution is 5.82. The summed E-state index contributed by atoms with van der Waals surface area (Å²) in [7, 11) is 0. The number of carbonyl (C=O) groups excluding carboxylic acids is 1. The molecule has 2 aliphatic heterocycles. The predicted molar refractivity (Wildman–Crippen MR) is 104 cm³/mol. The number of benzene rings is 2. The van der Waals surface area contributed by atoms with Gasteiger partial charge in [0.05, 0.1) is 12.1 Å². The standard InChI is InChI=1S/C22H26N2O3/c25-18-12-13-24(14-18)15-19(16-6-2-1-3-7-16)23-22(26)21-11-10-17-8-4-5-9-20(17)27-21/h1-9,18-19,21,25H,10-15H2,(H,23,26)/t18-,19+,21+/m0/s1. The summed E-state index contributed by atoms with van der Waals surface area (Å²) in [6.45, 7) is 2.20. The first-order valence-electron chi connectivity index (χ1n) is 9.69. The number of aliphatic hydroxyl groups is 1. The largest absolute Gasteiger partial charge is 0.480 e. The Labute approximate surface area is 160 Å². The number of hydrogen-bond donors (Lipinski definition) is 2. The van der Waals surface area contributed by atoms with E-state index < -0.39 is 6.10 Å². The summed E-state index contributed by atoms with van der Waals surface area (Å²) in [5, 5.41) is 13.0. The molecular formula is C22H26N2O3. The van der Waals surface area contributed by atoms with Crippen LogP contribution in [0, 0.1) is 0 Å². The van der Waals surface area contributed by atoms with Crippen LogP contribution in [0.2, 0.25) is 0 Å². The van der Waals surface area contributed by atoms with Crippen molar-refractivity contribution in [3.8, 4) is 5.75 Å². The maximum absolute atomic E-state index is 12.9. The minimum absolute atomic E-state index is 0.0712. The number of aliphatic hydroxyl groups excluding tert-OH is 1. The number of hydrogen-bond acceptors (Lipinski definition) is 4. The number of amides is 1. The number of nitrogens with zero attached hydrogens (tertiary/aromatic N) is 1. The first kappa shape index (κ1) is 18.0. The molecule has 0 bridgehead atoms. The molecule has 3 atom stereocenters. The van der Waals surface area contributed by atoms with Crippen LogP contribution < -0.4 is 10.1 Å². The Hall–Kier alpha value is -2.37. The molecule has 5 nitrogen and oxygen atoms in total. The number of likely N-dealkylation sites (tertiary alicyclic amines) is 1. The van der Waals surface area contributed by atoms with Crippen molar-refractivity contribution < 1.29 is 14.6 Å². The molecule has 27 heavy (non-hydrogen) atoms. The first-order chi connectivity index (χ1) is 13.2. The number of rotatable bonds is 5. The number of β-amino-alcohol motifs (C(OH)–C–C–N with tert-alkyl or cyclic N) is 1. The van der Waals surface area contributed by atoms with E-state index in [9.17, 15) is 9.90 Å². The summed E-state index contributed by atoms with van der Waals surface area (Å²) in [6, 6.07) is 17.8. The zero-order valence-electron chi connectivity index (χ0n) is 15.4. The second kappa shape index (κ2) is 8.11. The molecule has 1 fully saturated rings. The van der Waals surface area contributed by atoms with Crippen LogP contribution in [0.4, 0.5) is 0 Å². The van der Waals surface area contributed by atoms with Crippen molar-refractivity contribution in [3.05, 3.63) is 65.7 Å². The summed E-state index contributed by atoms with van der Waals surface area (Å²) in [5.74, 6) is 0.737. The number of aryl methyl sites for hydroxylation is 1. The lowest BCUT2D eigenvalue weighted by Gasteiger charge is -2.29. The van der Waals surface area contributed by atoms with Crippen LogP contribution in [-0.2, 0) is 11.2 Å². The highest BCUT2D eigenvalue weighted by atomic mass is 16.5. The molecule has 2 aliphatic rings. The third-order valence-electron chi connectivity index (χ3n) is 5.42. The third-order valence-corrected chi connectivity index (χ3v) is 5.42. The predicted octanol–water partition coefficient (Wildman–Crippen LogP) is 2.30. The van der Waals surface area contributed by atoms with E-state index in [4.69, 9.17) is 4.74 Å². The highest BCUT2D eigenvalue weighted by Gasteiger charge is 2.30. The fourth-order valence-electron chi connectivity index (χ4n) is 3.93. The summed E-state index contributed by atoms with van der Waals surface area (Å²) in [4.78, 5) is 15.1. The number of carbonyl (C=O) groups is 1. The lowest BCUT2D eigenvalue weighted by atomic mass is 10.0. The molecule has 5 heteroatoms. The van der Waals surface area contributed by atoms with E-state index >= 15 is 0 Å². The molecule has 1 amide bonds. The molecule has 2 aromatic rings. The van der Waals surface area contributed by atoms with Crippen molar-refractivity contribution in [1.29, 1.82) is 0 Å². The molecule has 0 aliphatic carbocycles. The Morgan fingerprint density at radius 2 is 1.93 bits per heavy atom. The van der Waals surface area contributed by atoms with Gasteiger partial charge in [0.25, 0.3) is 5.91 Å². The monoisotopic (exact) mass is 366 g/mol. The van der Waals surface area contributed by atoms with Gasteiger partial charge >= 0.3 is 0 Å². The van der Waals surface area contributed by atoms with E-state index in [2.05, 4.69) is 16.3 Å². The van der Waals surface area contributed by atoms with Crippen molar-refractivity contribution in [3.63, 3.8) is 0 Å². The maximum Gasteiger partial charge on any atom is 0.261 e. The van der Waals surface area contributed by atoms with Crippen LogP contribution in [-0.4, -0.2) is 47.8 Å². The Kier molecular flexibility index (Phi) is 5.41.